The Balaban J connectivity index is 2.17. The van der Waals surface area contributed by atoms with Crippen molar-refractivity contribution in [3.05, 3.63) is 35.9 Å². The molecule has 0 aromatic heterocycles. The first-order valence-corrected chi connectivity index (χ1v) is 6.23. The highest BCUT2D eigenvalue weighted by Gasteiger charge is 2.35. The van der Waals surface area contributed by atoms with Crippen molar-refractivity contribution in [1.82, 2.24) is 4.90 Å². The molecule has 0 radical (unpaired) electrons. The van der Waals surface area contributed by atoms with Crippen LogP contribution in [-0.2, 0) is 16.1 Å². The van der Waals surface area contributed by atoms with Gasteiger partial charge in [-0.15, -0.1) is 0 Å². The van der Waals surface area contributed by atoms with E-state index in [4.69, 9.17) is 4.74 Å². The summed E-state index contributed by atoms with van der Waals surface area (Å²) in [6, 6.07) is 9.52. The lowest BCUT2D eigenvalue weighted by Crippen LogP contribution is -2.56. The summed E-state index contributed by atoms with van der Waals surface area (Å²) in [5, 5.41) is 9.76. The van der Waals surface area contributed by atoms with E-state index >= 15 is 0 Å². The summed E-state index contributed by atoms with van der Waals surface area (Å²) in [6.07, 6.45) is -1.02. The van der Waals surface area contributed by atoms with E-state index in [-0.39, 0.29) is 11.9 Å². The summed E-state index contributed by atoms with van der Waals surface area (Å²) in [6.45, 7) is 4.34. The van der Waals surface area contributed by atoms with Crippen LogP contribution >= 0.6 is 0 Å². The minimum Gasteiger partial charge on any atom is -0.391 e. The first-order chi connectivity index (χ1) is 8.59. The molecule has 1 aromatic carbocycles. The van der Waals surface area contributed by atoms with Crippen LogP contribution in [0.2, 0.25) is 0 Å². The molecule has 0 saturated carbocycles. The van der Waals surface area contributed by atoms with Gasteiger partial charge in [0.2, 0.25) is 0 Å². The van der Waals surface area contributed by atoms with Crippen LogP contribution in [0.3, 0.4) is 0 Å². The Morgan fingerprint density at radius 3 is 2.72 bits per heavy atom. The SMILES string of the molecule is CC1OCC(C(C)O)N(Cc2ccccc2)C1=O. The van der Waals surface area contributed by atoms with Gasteiger partial charge in [0.25, 0.3) is 5.91 Å². The second-order valence-electron chi connectivity index (χ2n) is 4.74. The second kappa shape index (κ2) is 5.50. The van der Waals surface area contributed by atoms with Gasteiger partial charge in [-0.05, 0) is 19.4 Å². The van der Waals surface area contributed by atoms with Crippen LogP contribution in [0.5, 0.6) is 0 Å². The standard InChI is InChI=1S/C14H19NO3/c1-10(16)13-9-18-11(2)14(17)15(13)8-12-6-4-3-5-7-12/h3-7,10-11,13,16H,8-9H2,1-2H3. The van der Waals surface area contributed by atoms with Gasteiger partial charge in [0.1, 0.15) is 6.10 Å². The molecule has 1 N–H and O–H groups in total. The van der Waals surface area contributed by atoms with E-state index in [1.54, 1.807) is 18.7 Å². The minimum atomic E-state index is -0.592. The first kappa shape index (κ1) is 13.1. The van der Waals surface area contributed by atoms with Gasteiger partial charge in [-0.3, -0.25) is 4.79 Å². The van der Waals surface area contributed by atoms with Gasteiger partial charge in [-0.1, -0.05) is 30.3 Å². The molecule has 1 aliphatic heterocycles. The number of aliphatic hydroxyl groups excluding tert-OH is 1. The lowest BCUT2D eigenvalue weighted by atomic mass is 10.1. The number of morpholine rings is 1. The molecule has 1 heterocycles. The molecule has 3 unspecified atom stereocenters. The van der Waals surface area contributed by atoms with Gasteiger partial charge >= 0.3 is 0 Å². The molecule has 2 rings (SSSR count). The summed E-state index contributed by atoms with van der Waals surface area (Å²) in [7, 11) is 0. The Morgan fingerprint density at radius 2 is 2.11 bits per heavy atom. The largest absolute Gasteiger partial charge is 0.391 e. The highest BCUT2D eigenvalue weighted by atomic mass is 16.5. The Bertz CT molecular complexity index is 405. The number of hydrogen-bond donors (Lipinski definition) is 1. The van der Waals surface area contributed by atoms with E-state index in [1.165, 1.54) is 0 Å². The third kappa shape index (κ3) is 2.71. The molecule has 1 saturated heterocycles. The number of ether oxygens (including phenoxy) is 1. The van der Waals surface area contributed by atoms with Gasteiger partial charge in [0, 0.05) is 6.54 Å². The summed E-state index contributed by atoms with van der Waals surface area (Å²) in [4.78, 5) is 13.9. The molecule has 1 fully saturated rings. The third-order valence-corrected chi connectivity index (χ3v) is 3.30. The van der Waals surface area contributed by atoms with Gasteiger partial charge < -0.3 is 14.7 Å². The van der Waals surface area contributed by atoms with Crippen molar-refractivity contribution < 1.29 is 14.6 Å². The maximum atomic E-state index is 12.1. The van der Waals surface area contributed by atoms with Crippen LogP contribution in [0.15, 0.2) is 30.3 Å². The molecule has 1 aliphatic rings. The average Bonchev–Trinajstić information content (AvgIpc) is 2.36. The Kier molecular flexibility index (Phi) is 3.99. The fraction of sp³-hybridized carbons (Fsp3) is 0.500. The number of aliphatic hydroxyl groups is 1. The number of carbonyl (C=O) groups excluding carboxylic acids is 1. The molecule has 3 atom stereocenters. The summed E-state index contributed by atoms with van der Waals surface area (Å²) >= 11 is 0. The predicted molar refractivity (Wildman–Crippen MR) is 67.9 cm³/mol. The second-order valence-corrected chi connectivity index (χ2v) is 4.74. The molecule has 4 heteroatoms. The zero-order valence-electron chi connectivity index (χ0n) is 10.7. The van der Waals surface area contributed by atoms with Crippen molar-refractivity contribution in [2.75, 3.05) is 6.61 Å². The Labute approximate surface area is 107 Å². The Morgan fingerprint density at radius 1 is 1.44 bits per heavy atom. The molecular formula is C14H19NO3. The van der Waals surface area contributed by atoms with Crippen LogP contribution in [0.1, 0.15) is 19.4 Å². The molecule has 4 nitrogen and oxygen atoms in total. The normalized spacial score (nSPS) is 26.2. The maximum Gasteiger partial charge on any atom is 0.252 e. The van der Waals surface area contributed by atoms with Crippen LogP contribution in [0.25, 0.3) is 0 Å². The molecule has 1 aromatic rings. The lowest BCUT2D eigenvalue weighted by Gasteiger charge is -2.39. The summed E-state index contributed by atoms with van der Waals surface area (Å²) in [5.41, 5.74) is 1.06. The number of carbonyl (C=O) groups is 1. The minimum absolute atomic E-state index is 0.0593. The quantitative estimate of drug-likeness (QED) is 0.875. The zero-order valence-corrected chi connectivity index (χ0v) is 10.7. The fourth-order valence-electron chi connectivity index (χ4n) is 2.18. The van der Waals surface area contributed by atoms with Crippen LogP contribution in [0.4, 0.5) is 0 Å². The van der Waals surface area contributed by atoms with Crippen molar-refractivity contribution >= 4 is 5.91 Å². The van der Waals surface area contributed by atoms with Gasteiger partial charge in [-0.2, -0.15) is 0 Å². The molecule has 1 amide bonds. The topological polar surface area (TPSA) is 49.8 Å². The molecule has 98 valence electrons. The van der Waals surface area contributed by atoms with Crippen LogP contribution in [-0.4, -0.2) is 40.8 Å². The molecule has 18 heavy (non-hydrogen) atoms. The van der Waals surface area contributed by atoms with E-state index < -0.39 is 12.2 Å². The van der Waals surface area contributed by atoms with Crippen molar-refractivity contribution in [2.45, 2.75) is 38.6 Å². The van der Waals surface area contributed by atoms with Crippen molar-refractivity contribution in [2.24, 2.45) is 0 Å². The van der Waals surface area contributed by atoms with E-state index in [0.29, 0.717) is 13.2 Å². The summed E-state index contributed by atoms with van der Waals surface area (Å²) < 4.78 is 5.38. The van der Waals surface area contributed by atoms with E-state index in [0.717, 1.165) is 5.56 Å². The van der Waals surface area contributed by atoms with Crippen molar-refractivity contribution in [3.63, 3.8) is 0 Å². The first-order valence-electron chi connectivity index (χ1n) is 6.23. The third-order valence-electron chi connectivity index (χ3n) is 3.30. The maximum absolute atomic E-state index is 12.1. The van der Waals surface area contributed by atoms with Crippen molar-refractivity contribution in [1.29, 1.82) is 0 Å². The van der Waals surface area contributed by atoms with E-state index in [2.05, 4.69) is 0 Å². The smallest absolute Gasteiger partial charge is 0.252 e. The fourth-order valence-corrected chi connectivity index (χ4v) is 2.18. The van der Waals surface area contributed by atoms with E-state index in [1.807, 2.05) is 30.3 Å². The highest BCUT2D eigenvalue weighted by Crippen LogP contribution is 2.19. The van der Waals surface area contributed by atoms with Crippen LogP contribution in [0, 0.1) is 0 Å². The number of nitrogens with zero attached hydrogens (tertiary/aromatic N) is 1. The summed E-state index contributed by atoms with van der Waals surface area (Å²) in [5.74, 6) is -0.0593. The lowest BCUT2D eigenvalue weighted by molar-refractivity contribution is -0.164. The molecule has 0 bridgehead atoms. The van der Waals surface area contributed by atoms with Gasteiger partial charge in [0.15, 0.2) is 0 Å². The molecule has 0 aliphatic carbocycles. The Hall–Kier alpha value is -1.39. The number of benzene rings is 1. The number of amides is 1. The zero-order chi connectivity index (χ0) is 13.1. The number of hydrogen-bond acceptors (Lipinski definition) is 3. The number of rotatable bonds is 3. The van der Waals surface area contributed by atoms with E-state index in [9.17, 15) is 9.90 Å². The highest BCUT2D eigenvalue weighted by molar-refractivity contribution is 5.81. The van der Waals surface area contributed by atoms with Gasteiger partial charge in [-0.25, -0.2) is 0 Å². The average molecular weight is 249 g/mol. The predicted octanol–water partition coefficient (Wildman–Crippen LogP) is 1.18. The molecular weight excluding hydrogens is 230 g/mol. The molecule has 0 spiro atoms. The van der Waals surface area contributed by atoms with Gasteiger partial charge in [0.05, 0.1) is 18.8 Å². The van der Waals surface area contributed by atoms with Crippen LogP contribution < -0.4 is 0 Å². The monoisotopic (exact) mass is 249 g/mol. The van der Waals surface area contributed by atoms with Crippen molar-refractivity contribution in [3.8, 4) is 0 Å².